The van der Waals surface area contributed by atoms with Crippen molar-refractivity contribution in [3.8, 4) is 0 Å². The number of nitrogens with one attached hydrogen (secondary N) is 2. The van der Waals surface area contributed by atoms with E-state index in [-0.39, 0.29) is 22.1 Å². The lowest BCUT2D eigenvalue weighted by atomic mass is 10.1. The van der Waals surface area contributed by atoms with Crippen LogP contribution >= 0.6 is 0 Å². The van der Waals surface area contributed by atoms with E-state index in [0.29, 0.717) is 18.5 Å². The molecular weight excluding hydrogens is 391 g/mol. The first-order valence-corrected chi connectivity index (χ1v) is 10.6. The van der Waals surface area contributed by atoms with E-state index in [1.54, 1.807) is 13.0 Å². The molecule has 0 aromatic heterocycles. The Kier molecular flexibility index (Phi) is 6.29. The second-order valence-corrected chi connectivity index (χ2v) is 8.24. The minimum absolute atomic E-state index is 0.112. The number of amides is 1. The number of halogens is 1. The highest BCUT2D eigenvalue weighted by atomic mass is 32.2. The van der Waals surface area contributed by atoms with Crippen LogP contribution in [-0.2, 0) is 16.4 Å². The number of sulfonamides is 1. The van der Waals surface area contributed by atoms with Gasteiger partial charge in [0.05, 0.1) is 10.6 Å². The average molecular weight is 412 g/mol. The molecule has 0 radical (unpaired) electrons. The first-order chi connectivity index (χ1) is 13.9. The predicted molar refractivity (Wildman–Crippen MR) is 111 cm³/mol. The van der Waals surface area contributed by atoms with E-state index in [2.05, 4.69) is 10.0 Å². The lowest BCUT2D eigenvalue weighted by molar-refractivity contribution is 0.0953. The molecule has 0 saturated heterocycles. The molecule has 3 aromatic carbocycles. The number of hydrogen-bond acceptors (Lipinski definition) is 3. The molecule has 3 aromatic rings. The molecule has 5 nitrogen and oxygen atoms in total. The SMILES string of the molecule is Cc1ccc(S(=O)(=O)Nc2ccccc2F)cc1C(=O)NCCc1ccccc1. The summed E-state index contributed by atoms with van der Waals surface area (Å²) in [6, 6.07) is 19.5. The average Bonchev–Trinajstić information content (AvgIpc) is 2.70. The van der Waals surface area contributed by atoms with Gasteiger partial charge in [0.1, 0.15) is 5.82 Å². The van der Waals surface area contributed by atoms with Gasteiger partial charge in [-0.2, -0.15) is 0 Å². The molecule has 0 fully saturated rings. The van der Waals surface area contributed by atoms with Crippen molar-refractivity contribution in [3.05, 3.63) is 95.3 Å². The second-order valence-electron chi connectivity index (χ2n) is 6.55. The number of hydrogen-bond donors (Lipinski definition) is 2. The fraction of sp³-hybridized carbons (Fsp3) is 0.136. The molecule has 0 aliphatic carbocycles. The molecule has 3 rings (SSSR count). The molecule has 0 spiro atoms. The van der Waals surface area contributed by atoms with Crippen molar-refractivity contribution in [1.82, 2.24) is 5.32 Å². The summed E-state index contributed by atoms with van der Waals surface area (Å²) in [5, 5.41) is 2.81. The lowest BCUT2D eigenvalue weighted by Gasteiger charge is -2.12. The van der Waals surface area contributed by atoms with Gasteiger partial charge in [-0.15, -0.1) is 0 Å². The minimum atomic E-state index is -4.04. The molecule has 0 atom stereocenters. The fourth-order valence-corrected chi connectivity index (χ4v) is 3.91. The van der Waals surface area contributed by atoms with E-state index < -0.39 is 15.8 Å². The van der Waals surface area contributed by atoms with E-state index in [4.69, 9.17) is 0 Å². The van der Waals surface area contributed by atoms with Crippen molar-refractivity contribution < 1.29 is 17.6 Å². The highest BCUT2D eigenvalue weighted by molar-refractivity contribution is 7.92. The van der Waals surface area contributed by atoms with Crippen LogP contribution in [-0.4, -0.2) is 20.9 Å². The number of benzene rings is 3. The summed E-state index contributed by atoms with van der Waals surface area (Å²) in [4.78, 5) is 12.4. The predicted octanol–water partition coefficient (Wildman–Crippen LogP) is 3.91. The summed E-state index contributed by atoms with van der Waals surface area (Å²) in [5.74, 6) is -1.04. The van der Waals surface area contributed by atoms with Gasteiger partial charge in [0.15, 0.2) is 0 Å². The van der Waals surface area contributed by atoms with E-state index in [0.717, 1.165) is 5.56 Å². The van der Waals surface area contributed by atoms with Crippen molar-refractivity contribution in [2.75, 3.05) is 11.3 Å². The van der Waals surface area contributed by atoms with Crippen LogP contribution in [0.2, 0.25) is 0 Å². The van der Waals surface area contributed by atoms with Crippen molar-refractivity contribution in [2.45, 2.75) is 18.2 Å². The maximum absolute atomic E-state index is 13.8. The smallest absolute Gasteiger partial charge is 0.262 e. The van der Waals surface area contributed by atoms with Gasteiger partial charge in [0, 0.05) is 12.1 Å². The van der Waals surface area contributed by atoms with Crippen molar-refractivity contribution in [1.29, 1.82) is 0 Å². The Bertz CT molecular complexity index is 1120. The zero-order chi connectivity index (χ0) is 20.9. The third-order valence-corrected chi connectivity index (χ3v) is 5.79. The summed E-state index contributed by atoms with van der Waals surface area (Å²) in [5.41, 5.74) is 1.85. The zero-order valence-electron chi connectivity index (χ0n) is 15.9. The second kappa shape index (κ2) is 8.87. The molecule has 1 amide bonds. The number of anilines is 1. The minimum Gasteiger partial charge on any atom is -0.352 e. The molecule has 0 heterocycles. The number of aryl methyl sites for hydroxylation is 1. The van der Waals surface area contributed by atoms with Crippen molar-refractivity contribution in [2.24, 2.45) is 0 Å². The molecule has 150 valence electrons. The maximum Gasteiger partial charge on any atom is 0.262 e. The Labute approximate surface area is 169 Å². The fourth-order valence-electron chi connectivity index (χ4n) is 2.82. The van der Waals surface area contributed by atoms with Gasteiger partial charge in [-0.1, -0.05) is 48.5 Å². The van der Waals surface area contributed by atoms with Gasteiger partial charge in [-0.05, 0) is 48.7 Å². The highest BCUT2D eigenvalue weighted by Crippen LogP contribution is 2.21. The van der Waals surface area contributed by atoms with Crippen LogP contribution in [0.25, 0.3) is 0 Å². The van der Waals surface area contributed by atoms with Gasteiger partial charge in [-0.3, -0.25) is 9.52 Å². The van der Waals surface area contributed by atoms with Crippen molar-refractivity contribution in [3.63, 3.8) is 0 Å². The molecule has 0 unspecified atom stereocenters. The third kappa shape index (κ3) is 5.20. The number of para-hydroxylation sites is 1. The van der Waals surface area contributed by atoms with Gasteiger partial charge in [0.25, 0.3) is 15.9 Å². The summed E-state index contributed by atoms with van der Waals surface area (Å²) < 4.78 is 41.3. The molecule has 2 N–H and O–H groups in total. The topological polar surface area (TPSA) is 75.3 Å². The van der Waals surface area contributed by atoms with Gasteiger partial charge >= 0.3 is 0 Å². The molecule has 0 aliphatic rings. The Balaban J connectivity index is 1.74. The van der Waals surface area contributed by atoms with Gasteiger partial charge < -0.3 is 5.32 Å². The molecular formula is C22H21FN2O3S. The lowest BCUT2D eigenvalue weighted by Crippen LogP contribution is -2.27. The van der Waals surface area contributed by atoms with E-state index >= 15 is 0 Å². The Hall–Kier alpha value is -3.19. The van der Waals surface area contributed by atoms with E-state index in [1.807, 2.05) is 30.3 Å². The third-order valence-electron chi connectivity index (χ3n) is 4.42. The van der Waals surface area contributed by atoms with Crippen LogP contribution in [0, 0.1) is 12.7 Å². The number of carbonyl (C=O) groups excluding carboxylic acids is 1. The summed E-state index contributed by atoms with van der Waals surface area (Å²) in [7, 11) is -4.04. The van der Waals surface area contributed by atoms with Gasteiger partial charge in [0.2, 0.25) is 0 Å². The van der Waals surface area contributed by atoms with Crippen LogP contribution < -0.4 is 10.0 Å². The number of rotatable bonds is 7. The largest absolute Gasteiger partial charge is 0.352 e. The monoisotopic (exact) mass is 412 g/mol. The molecule has 0 aliphatic heterocycles. The Morgan fingerprint density at radius 3 is 2.38 bits per heavy atom. The molecule has 29 heavy (non-hydrogen) atoms. The van der Waals surface area contributed by atoms with Crippen LogP contribution in [0.3, 0.4) is 0 Å². The summed E-state index contributed by atoms with van der Waals surface area (Å²) >= 11 is 0. The van der Waals surface area contributed by atoms with Gasteiger partial charge in [-0.25, -0.2) is 12.8 Å². The first kappa shape index (κ1) is 20.5. The number of carbonyl (C=O) groups is 1. The Morgan fingerprint density at radius 2 is 1.66 bits per heavy atom. The molecule has 7 heteroatoms. The van der Waals surface area contributed by atoms with Crippen molar-refractivity contribution >= 4 is 21.6 Å². The van der Waals surface area contributed by atoms with E-state index in [9.17, 15) is 17.6 Å². The quantitative estimate of drug-likeness (QED) is 0.618. The van der Waals surface area contributed by atoms with Crippen LogP contribution in [0.5, 0.6) is 0 Å². The molecule has 0 saturated carbocycles. The Morgan fingerprint density at radius 1 is 0.966 bits per heavy atom. The highest BCUT2D eigenvalue weighted by Gasteiger charge is 2.19. The standard InChI is InChI=1S/C22H21FN2O3S/c1-16-11-12-18(29(27,28)25-21-10-6-5-9-20(21)23)15-19(16)22(26)24-14-13-17-7-3-2-4-8-17/h2-12,15,25H,13-14H2,1H3,(H,24,26). The maximum atomic E-state index is 13.8. The molecule has 0 bridgehead atoms. The first-order valence-electron chi connectivity index (χ1n) is 9.07. The van der Waals surface area contributed by atoms with Crippen LogP contribution in [0.1, 0.15) is 21.5 Å². The summed E-state index contributed by atoms with van der Waals surface area (Å²) in [6.45, 7) is 2.15. The normalized spacial score (nSPS) is 11.1. The van der Waals surface area contributed by atoms with E-state index in [1.165, 1.54) is 36.4 Å². The van der Waals surface area contributed by atoms with Crippen LogP contribution in [0.4, 0.5) is 10.1 Å². The zero-order valence-corrected chi connectivity index (χ0v) is 16.7. The van der Waals surface area contributed by atoms with Crippen LogP contribution in [0.15, 0.2) is 77.7 Å². The summed E-state index contributed by atoms with van der Waals surface area (Å²) in [6.07, 6.45) is 0.665.